The minimum atomic E-state index is 0.558. The number of fused-ring (bicyclic) bond motifs is 1. The minimum absolute atomic E-state index is 0.558. The number of aromatic amines is 1. The van der Waals surface area contributed by atoms with Crippen LogP contribution >= 0.6 is 0 Å². The van der Waals surface area contributed by atoms with Crippen LogP contribution < -0.4 is 20.1 Å². The molecule has 3 N–H and O–H groups in total. The van der Waals surface area contributed by atoms with Crippen LogP contribution in [0.4, 0.5) is 0 Å². The highest BCUT2D eigenvalue weighted by Gasteiger charge is 2.07. The van der Waals surface area contributed by atoms with Gasteiger partial charge in [0.15, 0.2) is 17.5 Å². The van der Waals surface area contributed by atoms with Gasteiger partial charge in [0.1, 0.15) is 0 Å². The van der Waals surface area contributed by atoms with E-state index < -0.39 is 0 Å². The Balaban J connectivity index is 1.63. The average molecular weight is 395 g/mol. The van der Waals surface area contributed by atoms with Crippen molar-refractivity contribution >= 4 is 16.9 Å². The van der Waals surface area contributed by atoms with Gasteiger partial charge < -0.3 is 25.1 Å². The van der Waals surface area contributed by atoms with Crippen LogP contribution in [0, 0.1) is 6.92 Å². The van der Waals surface area contributed by atoms with E-state index >= 15 is 0 Å². The van der Waals surface area contributed by atoms with Crippen molar-refractivity contribution < 1.29 is 9.47 Å². The predicted octanol–water partition coefficient (Wildman–Crippen LogP) is 3.79. The number of nitrogens with zero attached hydrogens (tertiary/aromatic N) is 1. The summed E-state index contributed by atoms with van der Waals surface area (Å²) >= 11 is 0. The van der Waals surface area contributed by atoms with Gasteiger partial charge in [0.05, 0.1) is 20.8 Å². The lowest BCUT2D eigenvalue weighted by Gasteiger charge is -2.12. The van der Waals surface area contributed by atoms with Crippen molar-refractivity contribution in [1.29, 1.82) is 0 Å². The van der Waals surface area contributed by atoms with Gasteiger partial charge in [0.25, 0.3) is 0 Å². The second kappa shape index (κ2) is 9.87. The number of ether oxygens (including phenoxy) is 2. The molecule has 0 spiro atoms. The zero-order chi connectivity index (χ0) is 20.6. The van der Waals surface area contributed by atoms with E-state index in [1.807, 2.05) is 18.2 Å². The summed E-state index contributed by atoms with van der Waals surface area (Å²) in [5.74, 6) is 2.24. The topological polar surface area (TPSA) is 70.7 Å². The molecular weight excluding hydrogens is 364 g/mol. The van der Waals surface area contributed by atoms with Gasteiger partial charge in [-0.05, 0) is 49.1 Å². The molecule has 3 aromatic rings. The molecule has 2 aromatic carbocycles. The molecule has 6 heteroatoms. The number of hydrogen-bond donors (Lipinski definition) is 3. The van der Waals surface area contributed by atoms with Crippen molar-refractivity contribution in [2.75, 3.05) is 27.3 Å². The standard InChI is InChI=1S/C23H30N4O2/c1-5-24-23(27-14-17-9-10-20(28-3)21(13-17)29-4)25-12-11-18-15-26-22-16(2)7-6-8-19(18)22/h6-10,13,15,26H,5,11-12,14H2,1-4H3,(H2,24,25,27). The first-order chi connectivity index (χ1) is 14.2. The fourth-order valence-corrected chi connectivity index (χ4v) is 3.38. The first kappa shape index (κ1) is 20.6. The Kier molecular flexibility index (Phi) is 7.00. The third kappa shape index (κ3) is 5.02. The highest BCUT2D eigenvalue weighted by atomic mass is 16.5. The van der Waals surface area contributed by atoms with Crippen LogP contribution in [0.5, 0.6) is 11.5 Å². The number of methoxy groups -OCH3 is 2. The summed E-state index contributed by atoms with van der Waals surface area (Å²) in [4.78, 5) is 8.09. The number of guanidine groups is 1. The lowest BCUT2D eigenvalue weighted by atomic mass is 10.1. The number of para-hydroxylation sites is 1. The van der Waals surface area contributed by atoms with Crippen molar-refractivity contribution in [3.63, 3.8) is 0 Å². The molecule has 0 unspecified atom stereocenters. The summed E-state index contributed by atoms with van der Waals surface area (Å²) in [7, 11) is 3.28. The van der Waals surface area contributed by atoms with Gasteiger partial charge in [-0.25, -0.2) is 4.99 Å². The molecule has 154 valence electrons. The van der Waals surface area contributed by atoms with Crippen LogP contribution in [-0.4, -0.2) is 38.3 Å². The molecule has 0 aliphatic heterocycles. The highest BCUT2D eigenvalue weighted by molar-refractivity contribution is 5.86. The van der Waals surface area contributed by atoms with Crippen molar-refractivity contribution in [1.82, 2.24) is 15.6 Å². The summed E-state index contributed by atoms with van der Waals surface area (Å²) in [5.41, 5.74) is 4.86. The second-order valence-corrected chi connectivity index (χ2v) is 6.87. The van der Waals surface area contributed by atoms with Crippen molar-refractivity contribution in [2.45, 2.75) is 26.8 Å². The summed E-state index contributed by atoms with van der Waals surface area (Å²) < 4.78 is 10.7. The minimum Gasteiger partial charge on any atom is -0.493 e. The number of aryl methyl sites for hydroxylation is 1. The maximum atomic E-state index is 5.37. The van der Waals surface area contributed by atoms with E-state index in [1.54, 1.807) is 14.2 Å². The Bertz CT molecular complexity index is 978. The van der Waals surface area contributed by atoms with E-state index in [1.165, 1.54) is 22.0 Å². The zero-order valence-corrected chi connectivity index (χ0v) is 17.6. The molecule has 0 bridgehead atoms. The van der Waals surface area contributed by atoms with Crippen LogP contribution in [0.2, 0.25) is 0 Å². The van der Waals surface area contributed by atoms with Gasteiger partial charge in [-0.1, -0.05) is 24.3 Å². The summed E-state index contributed by atoms with van der Waals surface area (Å²) in [6.45, 7) is 6.37. The highest BCUT2D eigenvalue weighted by Crippen LogP contribution is 2.27. The molecular formula is C23H30N4O2. The van der Waals surface area contributed by atoms with Crippen LogP contribution in [-0.2, 0) is 13.0 Å². The molecule has 0 saturated carbocycles. The first-order valence-corrected chi connectivity index (χ1v) is 9.95. The monoisotopic (exact) mass is 394 g/mol. The first-order valence-electron chi connectivity index (χ1n) is 9.95. The lowest BCUT2D eigenvalue weighted by molar-refractivity contribution is 0.354. The van der Waals surface area contributed by atoms with Crippen LogP contribution in [0.1, 0.15) is 23.6 Å². The maximum Gasteiger partial charge on any atom is 0.191 e. The van der Waals surface area contributed by atoms with E-state index in [9.17, 15) is 0 Å². The van der Waals surface area contributed by atoms with E-state index in [4.69, 9.17) is 14.5 Å². The molecule has 0 saturated heterocycles. The number of benzene rings is 2. The number of H-pyrrole nitrogens is 1. The molecule has 0 radical (unpaired) electrons. The Morgan fingerprint density at radius 1 is 1.07 bits per heavy atom. The van der Waals surface area contributed by atoms with E-state index in [2.05, 4.69) is 53.9 Å². The number of rotatable bonds is 8. The summed E-state index contributed by atoms with van der Waals surface area (Å²) in [6.07, 6.45) is 3.03. The second-order valence-electron chi connectivity index (χ2n) is 6.87. The third-order valence-electron chi connectivity index (χ3n) is 4.91. The summed E-state index contributed by atoms with van der Waals surface area (Å²) in [5, 5.41) is 8.03. The Labute approximate surface area is 172 Å². The molecule has 0 atom stereocenters. The van der Waals surface area contributed by atoms with Crippen LogP contribution in [0.15, 0.2) is 47.6 Å². The molecule has 1 aromatic heterocycles. The molecule has 0 aliphatic rings. The van der Waals surface area contributed by atoms with Gasteiger partial charge >= 0.3 is 0 Å². The van der Waals surface area contributed by atoms with E-state index in [0.29, 0.717) is 12.3 Å². The van der Waals surface area contributed by atoms with Gasteiger partial charge in [-0.3, -0.25) is 0 Å². The van der Waals surface area contributed by atoms with Crippen molar-refractivity contribution in [3.8, 4) is 11.5 Å². The van der Waals surface area contributed by atoms with E-state index in [-0.39, 0.29) is 0 Å². The van der Waals surface area contributed by atoms with Crippen molar-refractivity contribution in [2.24, 2.45) is 4.99 Å². The zero-order valence-electron chi connectivity index (χ0n) is 17.6. The smallest absolute Gasteiger partial charge is 0.191 e. The van der Waals surface area contributed by atoms with Gasteiger partial charge in [-0.15, -0.1) is 0 Å². The fourth-order valence-electron chi connectivity index (χ4n) is 3.38. The van der Waals surface area contributed by atoms with Crippen LogP contribution in [0.25, 0.3) is 10.9 Å². The Hall–Kier alpha value is -3.15. The van der Waals surface area contributed by atoms with Crippen molar-refractivity contribution in [3.05, 3.63) is 59.3 Å². The maximum absolute atomic E-state index is 5.37. The quantitative estimate of drug-likeness (QED) is 0.402. The van der Waals surface area contributed by atoms with E-state index in [0.717, 1.165) is 36.8 Å². The normalized spacial score (nSPS) is 11.5. The van der Waals surface area contributed by atoms with Gasteiger partial charge in [-0.2, -0.15) is 0 Å². The molecule has 6 nitrogen and oxygen atoms in total. The molecule has 1 heterocycles. The largest absolute Gasteiger partial charge is 0.493 e. The third-order valence-corrected chi connectivity index (χ3v) is 4.91. The number of aliphatic imine (C=N–C) groups is 1. The summed E-state index contributed by atoms with van der Waals surface area (Å²) in [6, 6.07) is 12.3. The van der Waals surface area contributed by atoms with Crippen LogP contribution in [0.3, 0.4) is 0 Å². The number of nitrogens with one attached hydrogen (secondary N) is 3. The molecule has 0 amide bonds. The SMILES string of the molecule is CCNC(=NCc1ccc(OC)c(OC)c1)NCCc1c[nH]c2c(C)cccc12. The molecule has 3 rings (SSSR count). The van der Waals surface area contributed by atoms with Gasteiger partial charge in [0.2, 0.25) is 0 Å². The predicted molar refractivity (Wildman–Crippen MR) is 119 cm³/mol. The average Bonchev–Trinajstić information content (AvgIpc) is 3.16. The fraction of sp³-hybridized carbons (Fsp3) is 0.348. The lowest BCUT2D eigenvalue weighted by Crippen LogP contribution is -2.38. The Morgan fingerprint density at radius 2 is 1.90 bits per heavy atom. The van der Waals surface area contributed by atoms with Gasteiger partial charge in [0, 0.05) is 30.2 Å². The number of hydrogen-bond acceptors (Lipinski definition) is 3. The molecule has 29 heavy (non-hydrogen) atoms. The molecule has 0 aliphatic carbocycles. The Morgan fingerprint density at radius 3 is 2.66 bits per heavy atom. The molecule has 0 fully saturated rings. The number of aromatic nitrogens is 1.